The van der Waals surface area contributed by atoms with Gasteiger partial charge in [-0.1, -0.05) is 11.8 Å². The Morgan fingerprint density at radius 3 is 2.85 bits per heavy atom. The fourth-order valence-electron chi connectivity index (χ4n) is 2.24. The minimum atomic E-state index is -0.311. The Bertz CT molecular complexity index is 1050. The average molecular weight is 409 g/mol. The van der Waals surface area contributed by atoms with Crippen LogP contribution in [0.4, 0.5) is 4.39 Å². The zero-order valence-electron chi connectivity index (χ0n) is 14.5. The fraction of sp³-hybridized carbons (Fsp3) is 0.235. The zero-order valence-corrected chi connectivity index (χ0v) is 16.1. The van der Waals surface area contributed by atoms with Gasteiger partial charge in [-0.25, -0.2) is 13.9 Å². The summed E-state index contributed by atoms with van der Waals surface area (Å²) in [4.78, 5) is 14.2. The highest BCUT2D eigenvalue weighted by Gasteiger charge is 2.08. The van der Waals surface area contributed by atoms with Crippen LogP contribution in [0.3, 0.4) is 0 Å². The molecule has 0 saturated heterocycles. The summed E-state index contributed by atoms with van der Waals surface area (Å²) >= 11 is 1.51. The van der Waals surface area contributed by atoms with Gasteiger partial charge >= 0.3 is 5.69 Å². The number of nitrogens with zero attached hydrogens (tertiary/aromatic N) is 5. The molecule has 0 fully saturated rings. The Morgan fingerprint density at radius 2 is 2.19 bits per heavy atom. The van der Waals surface area contributed by atoms with Crippen molar-refractivity contribution in [3.63, 3.8) is 0 Å². The van der Waals surface area contributed by atoms with Crippen molar-refractivity contribution < 1.29 is 4.39 Å². The molecule has 27 heavy (non-hydrogen) atoms. The van der Waals surface area contributed by atoms with Gasteiger partial charge in [-0.2, -0.15) is 10.2 Å². The summed E-state index contributed by atoms with van der Waals surface area (Å²) in [5.41, 5.74) is 6.25. The molecule has 0 radical (unpaired) electrons. The molecule has 0 unspecified atom stereocenters. The summed E-state index contributed by atoms with van der Waals surface area (Å²) < 4.78 is 17.0. The Hall–Kier alpha value is -2.67. The summed E-state index contributed by atoms with van der Waals surface area (Å²) in [6.07, 6.45) is 5.40. The van der Waals surface area contributed by atoms with Crippen molar-refractivity contribution in [3.8, 4) is 11.8 Å². The van der Waals surface area contributed by atoms with E-state index in [1.807, 2.05) is 25.4 Å². The first-order valence-corrected chi connectivity index (χ1v) is 8.60. The second-order valence-electron chi connectivity index (χ2n) is 5.59. The lowest BCUT2D eigenvalue weighted by Gasteiger charge is -2.01. The van der Waals surface area contributed by atoms with Crippen molar-refractivity contribution in [3.05, 3.63) is 68.6 Å². The summed E-state index contributed by atoms with van der Waals surface area (Å²) in [5, 5.41) is 8.07. The van der Waals surface area contributed by atoms with E-state index in [9.17, 15) is 9.18 Å². The summed E-state index contributed by atoms with van der Waals surface area (Å²) in [6.45, 7) is 0.472. The topological polar surface area (TPSA) is 83.7 Å². The maximum absolute atomic E-state index is 12.6. The standard InChI is InChI=1S/C17H17FN6OS.ClH/c1-22-9-13(8-20-22)2-3-15-4-5-16(26-15)11-23-12-21-24(17(23)25)10-14(6-18)7-19;/h4-6,8-9,12H,7,10-11,19H2,1H3;1H/b14-6+;. The molecule has 3 rings (SSSR count). The van der Waals surface area contributed by atoms with Gasteiger partial charge in [0.25, 0.3) is 0 Å². The number of hydrogen-bond acceptors (Lipinski definition) is 5. The number of aryl methyl sites for hydroxylation is 1. The highest BCUT2D eigenvalue weighted by Crippen LogP contribution is 2.16. The van der Waals surface area contributed by atoms with Crippen LogP contribution in [0, 0.1) is 11.8 Å². The van der Waals surface area contributed by atoms with E-state index in [2.05, 4.69) is 22.0 Å². The number of hydrogen-bond donors (Lipinski definition) is 1. The number of rotatable bonds is 5. The van der Waals surface area contributed by atoms with Gasteiger partial charge in [-0.3, -0.25) is 9.25 Å². The van der Waals surface area contributed by atoms with Crippen molar-refractivity contribution in [1.29, 1.82) is 0 Å². The fourth-order valence-corrected chi connectivity index (χ4v) is 3.10. The van der Waals surface area contributed by atoms with Crippen LogP contribution in [0.25, 0.3) is 0 Å². The van der Waals surface area contributed by atoms with Gasteiger partial charge in [-0.15, -0.1) is 23.7 Å². The molecule has 3 heterocycles. The molecule has 3 aromatic heterocycles. The van der Waals surface area contributed by atoms with E-state index in [1.54, 1.807) is 10.9 Å². The predicted molar refractivity (Wildman–Crippen MR) is 105 cm³/mol. The Balaban J connectivity index is 0.00000261. The minimum Gasteiger partial charge on any atom is -0.327 e. The van der Waals surface area contributed by atoms with Crippen molar-refractivity contribution in [2.24, 2.45) is 12.8 Å². The molecule has 142 valence electrons. The SMILES string of the molecule is Cl.Cn1cc(C#Cc2ccc(Cn3cnn(C/C(=C/F)CN)c3=O)s2)cn1. The van der Waals surface area contributed by atoms with E-state index in [0.29, 0.717) is 18.4 Å². The van der Waals surface area contributed by atoms with Gasteiger partial charge in [0.1, 0.15) is 6.33 Å². The normalized spacial score (nSPS) is 11.0. The monoisotopic (exact) mass is 408 g/mol. The van der Waals surface area contributed by atoms with Crippen molar-refractivity contribution >= 4 is 23.7 Å². The highest BCUT2D eigenvalue weighted by molar-refractivity contribution is 7.12. The molecule has 0 aromatic carbocycles. The molecule has 10 heteroatoms. The Labute approximate surface area is 165 Å². The second-order valence-corrected chi connectivity index (χ2v) is 6.76. The first-order valence-electron chi connectivity index (χ1n) is 7.79. The molecule has 0 spiro atoms. The van der Waals surface area contributed by atoms with Crippen LogP contribution in [0.5, 0.6) is 0 Å². The van der Waals surface area contributed by atoms with Gasteiger partial charge in [0.2, 0.25) is 0 Å². The first kappa shape index (κ1) is 20.6. The first-order chi connectivity index (χ1) is 12.6. The second kappa shape index (κ2) is 9.32. The Morgan fingerprint density at radius 1 is 1.37 bits per heavy atom. The van der Waals surface area contributed by atoms with Gasteiger partial charge in [0, 0.05) is 24.7 Å². The lowest BCUT2D eigenvalue weighted by Crippen LogP contribution is -2.26. The lowest BCUT2D eigenvalue weighted by atomic mass is 10.3. The average Bonchev–Trinajstić information content (AvgIpc) is 3.34. The van der Waals surface area contributed by atoms with Crippen molar-refractivity contribution in [1.82, 2.24) is 24.1 Å². The summed E-state index contributed by atoms with van der Waals surface area (Å²) in [5.74, 6) is 6.13. The smallest absolute Gasteiger partial charge is 0.327 e. The molecular formula is C17H18ClFN6OS. The van der Waals surface area contributed by atoms with Gasteiger partial charge < -0.3 is 5.73 Å². The van der Waals surface area contributed by atoms with Gasteiger partial charge in [-0.05, 0) is 17.7 Å². The molecule has 0 saturated carbocycles. The van der Waals surface area contributed by atoms with Crippen LogP contribution >= 0.6 is 23.7 Å². The van der Waals surface area contributed by atoms with Gasteiger partial charge in [0.15, 0.2) is 0 Å². The Kier molecular flexibility index (Phi) is 7.12. The number of nitrogens with two attached hydrogens (primary N) is 1. The van der Waals surface area contributed by atoms with Crippen LogP contribution < -0.4 is 11.4 Å². The third-order valence-electron chi connectivity index (χ3n) is 3.59. The minimum absolute atomic E-state index is 0. The van der Waals surface area contributed by atoms with Crippen LogP contribution in [-0.2, 0) is 20.1 Å². The molecule has 0 amide bonds. The molecule has 0 aliphatic carbocycles. The molecule has 0 aliphatic rings. The van der Waals surface area contributed by atoms with E-state index >= 15 is 0 Å². The summed E-state index contributed by atoms with van der Waals surface area (Å²) in [7, 11) is 1.84. The van der Waals surface area contributed by atoms with E-state index in [-0.39, 0.29) is 31.2 Å². The zero-order chi connectivity index (χ0) is 18.5. The van der Waals surface area contributed by atoms with Crippen LogP contribution in [-0.4, -0.2) is 30.7 Å². The number of aromatic nitrogens is 5. The molecule has 0 atom stereocenters. The molecule has 0 bridgehead atoms. The van der Waals surface area contributed by atoms with Crippen molar-refractivity contribution in [2.45, 2.75) is 13.1 Å². The molecule has 3 aromatic rings. The lowest BCUT2D eigenvalue weighted by molar-refractivity contribution is 0.604. The van der Waals surface area contributed by atoms with E-state index < -0.39 is 0 Å². The number of thiophene rings is 1. The molecular weight excluding hydrogens is 391 g/mol. The maximum Gasteiger partial charge on any atom is 0.346 e. The molecule has 2 N–H and O–H groups in total. The predicted octanol–water partition coefficient (Wildman–Crippen LogP) is 1.52. The van der Waals surface area contributed by atoms with Crippen LogP contribution in [0.15, 0.2) is 47.6 Å². The van der Waals surface area contributed by atoms with Crippen LogP contribution in [0.2, 0.25) is 0 Å². The third-order valence-corrected chi connectivity index (χ3v) is 4.57. The van der Waals surface area contributed by atoms with Gasteiger partial charge in [0.05, 0.1) is 36.1 Å². The van der Waals surface area contributed by atoms with E-state index in [0.717, 1.165) is 15.3 Å². The molecule has 0 aliphatic heterocycles. The van der Waals surface area contributed by atoms with Crippen molar-refractivity contribution in [2.75, 3.05) is 6.54 Å². The highest BCUT2D eigenvalue weighted by atomic mass is 35.5. The summed E-state index contributed by atoms with van der Waals surface area (Å²) in [6, 6.07) is 3.84. The third kappa shape index (κ3) is 5.17. The maximum atomic E-state index is 12.6. The van der Waals surface area contributed by atoms with E-state index in [1.165, 1.54) is 26.9 Å². The number of halogens is 2. The quantitative estimate of drug-likeness (QED) is 0.649. The van der Waals surface area contributed by atoms with E-state index in [4.69, 9.17) is 5.73 Å². The van der Waals surface area contributed by atoms with Crippen LogP contribution in [0.1, 0.15) is 15.3 Å². The largest absolute Gasteiger partial charge is 0.346 e. The molecule has 7 nitrogen and oxygen atoms in total.